The molecule has 0 bridgehead atoms. The van der Waals surface area contributed by atoms with E-state index < -0.39 is 28.1 Å². The lowest BCUT2D eigenvalue weighted by Crippen LogP contribution is -2.52. The summed E-state index contributed by atoms with van der Waals surface area (Å²) in [6, 6.07) is 8.66. The van der Waals surface area contributed by atoms with E-state index in [-0.39, 0.29) is 23.3 Å². The number of amides is 2. The number of carbonyl (C=O) groups is 2. The predicted molar refractivity (Wildman–Crippen MR) is 119 cm³/mol. The number of hydrogen-bond acceptors (Lipinski definition) is 8. The molecule has 0 radical (unpaired) electrons. The lowest BCUT2D eigenvalue weighted by atomic mass is 10.0. The Balaban J connectivity index is 2.12. The highest BCUT2D eigenvalue weighted by Gasteiger charge is 2.24. The van der Waals surface area contributed by atoms with Gasteiger partial charge in [0.15, 0.2) is 5.13 Å². The minimum Gasteiger partial charge on any atom is -0.390 e. The molecule has 2 aromatic rings. The standard InChI is InChI=1S/C19H27N5O5S2/c1-4-24(13(2)25)20-11-17(26)15(10-14-8-6-5-7-9-14)21-18(27)16-12-30-19(22-16)23-31(3,28)29/h5-9,12,15,17,20,26H,4,10-11H2,1-3H3,(H,21,27)(H,22,23)/t15-,17+/m0/s1. The summed E-state index contributed by atoms with van der Waals surface area (Å²) < 4.78 is 24.9. The zero-order chi connectivity index (χ0) is 23.0. The molecule has 1 heterocycles. The third kappa shape index (κ3) is 8.25. The van der Waals surface area contributed by atoms with Crippen LogP contribution in [0.25, 0.3) is 0 Å². The molecule has 2 amide bonds. The van der Waals surface area contributed by atoms with Crippen molar-refractivity contribution < 1.29 is 23.1 Å². The van der Waals surface area contributed by atoms with E-state index in [4.69, 9.17) is 0 Å². The average Bonchev–Trinajstić information content (AvgIpc) is 3.15. The quantitative estimate of drug-likeness (QED) is 0.353. The van der Waals surface area contributed by atoms with Gasteiger partial charge in [-0.2, -0.15) is 0 Å². The van der Waals surface area contributed by atoms with Crippen molar-refractivity contribution in [2.75, 3.05) is 24.1 Å². The third-order valence-corrected chi connectivity index (χ3v) is 5.73. The van der Waals surface area contributed by atoms with Gasteiger partial charge in [0.05, 0.1) is 18.4 Å². The molecule has 0 saturated heterocycles. The molecule has 12 heteroatoms. The van der Waals surface area contributed by atoms with E-state index in [1.54, 1.807) is 6.92 Å². The number of sulfonamides is 1. The molecule has 2 rings (SSSR count). The number of carbonyl (C=O) groups excluding carboxylic acids is 2. The van der Waals surface area contributed by atoms with Crippen molar-refractivity contribution in [3.05, 3.63) is 47.0 Å². The zero-order valence-corrected chi connectivity index (χ0v) is 19.2. The number of nitrogens with one attached hydrogen (secondary N) is 3. The van der Waals surface area contributed by atoms with Gasteiger partial charge in [-0.15, -0.1) is 11.3 Å². The van der Waals surface area contributed by atoms with Crippen LogP contribution in [-0.2, 0) is 21.2 Å². The van der Waals surface area contributed by atoms with E-state index >= 15 is 0 Å². The number of hydrazine groups is 1. The summed E-state index contributed by atoms with van der Waals surface area (Å²) in [5.74, 6) is -0.733. The van der Waals surface area contributed by atoms with Gasteiger partial charge < -0.3 is 10.4 Å². The van der Waals surface area contributed by atoms with Crippen molar-refractivity contribution in [2.45, 2.75) is 32.4 Å². The monoisotopic (exact) mass is 469 g/mol. The van der Waals surface area contributed by atoms with Crippen LogP contribution in [0.4, 0.5) is 5.13 Å². The van der Waals surface area contributed by atoms with Crippen molar-refractivity contribution in [3.63, 3.8) is 0 Å². The van der Waals surface area contributed by atoms with E-state index in [0.717, 1.165) is 23.2 Å². The number of aromatic nitrogens is 1. The van der Waals surface area contributed by atoms with Gasteiger partial charge in [-0.25, -0.2) is 18.8 Å². The van der Waals surface area contributed by atoms with Crippen molar-refractivity contribution in [1.29, 1.82) is 0 Å². The number of aliphatic hydroxyl groups is 1. The summed E-state index contributed by atoms with van der Waals surface area (Å²) >= 11 is 0.983. The van der Waals surface area contributed by atoms with Crippen LogP contribution in [0.1, 0.15) is 29.9 Å². The summed E-state index contributed by atoms with van der Waals surface area (Å²) in [6.07, 6.45) is 0.332. The number of anilines is 1. The number of hydrogen-bond donors (Lipinski definition) is 4. The number of thiazole rings is 1. The average molecular weight is 470 g/mol. The van der Waals surface area contributed by atoms with Crippen molar-refractivity contribution in [2.24, 2.45) is 0 Å². The highest BCUT2D eigenvalue weighted by atomic mass is 32.2. The molecular weight excluding hydrogens is 442 g/mol. The fourth-order valence-electron chi connectivity index (χ4n) is 2.77. The molecule has 0 fully saturated rings. The molecule has 0 saturated carbocycles. The van der Waals surface area contributed by atoms with Crippen LogP contribution in [0.3, 0.4) is 0 Å². The molecule has 1 aromatic heterocycles. The Kier molecular flexibility index (Phi) is 8.92. The van der Waals surface area contributed by atoms with E-state index in [9.17, 15) is 23.1 Å². The Bertz CT molecular complexity index is 981. The first kappa shape index (κ1) is 24.7. The molecule has 0 aliphatic heterocycles. The Labute approximate surface area is 185 Å². The maximum Gasteiger partial charge on any atom is 0.271 e. The summed E-state index contributed by atoms with van der Waals surface area (Å²) in [7, 11) is -3.51. The van der Waals surface area contributed by atoms with Crippen molar-refractivity contribution in [1.82, 2.24) is 20.7 Å². The van der Waals surface area contributed by atoms with Crippen molar-refractivity contribution >= 4 is 38.3 Å². The van der Waals surface area contributed by atoms with Crippen molar-refractivity contribution in [3.8, 4) is 0 Å². The topological polar surface area (TPSA) is 141 Å². The Morgan fingerprint density at radius 2 is 1.94 bits per heavy atom. The van der Waals surface area contributed by atoms with Gasteiger partial charge in [-0.3, -0.25) is 19.3 Å². The minimum atomic E-state index is -3.51. The van der Waals surface area contributed by atoms with Gasteiger partial charge in [0.2, 0.25) is 15.9 Å². The second-order valence-electron chi connectivity index (χ2n) is 6.87. The second kappa shape index (κ2) is 11.2. The zero-order valence-electron chi connectivity index (χ0n) is 17.5. The van der Waals surface area contributed by atoms with Crippen LogP contribution in [0.2, 0.25) is 0 Å². The molecule has 2 atom stereocenters. The summed E-state index contributed by atoms with van der Waals surface area (Å²) in [5, 5.41) is 16.4. The number of benzene rings is 1. The molecule has 0 aliphatic rings. The fraction of sp³-hybridized carbons (Fsp3) is 0.421. The van der Waals surface area contributed by atoms with E-state index in [0.29, 0.717) is 13.0 Å². The van der Waals surface area contributed by atoms with Crippen LogP contribution in [0.15, 0.2) is 35.7 Å². The maximum absolute atomic E-state index is 12.7. The Morgan fingerprint density at radius 3 is 2.52 bits per heavy atom. The third-order valence-electron chi connectivity index (χ3n) is 4.28. The van der Waals surface area contributed by atoms with Crippen LogP contribution in [-0.4, -0.2) is 66.8 Å². The number of rotatable bonds is 11. The molecule has 4 N–H and O–H groups in total. The van der Waals surface area contributed by atoms with Gasteiger partial charge in [-0.1, -0.05) is 30.3 Å². The summed E-state index contributed by atoms with van der Waals surface area (Å²) in [6.45, 7) is 3.68. The molecule has 0 aliphatic carbocycles. The van der Waals surface area contributed by atoms with Crippen LogP contribution in [0.5, 0.6) is 0 Å². The van der Waals surface area contributed by atoms with Crippen LogP contribution < -0.4 is 15.5 Å². The summed E-state index contributed by atoms with van der Waals surface area (Å²) in [5.41, 5.74) is 3.81. The highest BCUT2D eigenvalue weighted by molar-refractivity contribution is 7.92. The number of nitrogens with zero attached hydrogens (tertiary/aromatic N) is 2. The van der Waals surface area contributed by atoms with E-state index in [2.05, 4.69) is 20.4 Å². The lowest BCUT2D eigenvalue weighted by molar-refractivity contribution is -0.132. The van der Waals surface area contributed by atoms with Gasteiger partial charge >= 0.3 is 0 Å². The van der Waals surface area contributed by atoms with Crippen LogP contribution >= 0.6 is 11.3 Å². The van der Waals surface area contributed by atoms with Gasteiger partial charge in [0.1, 0.15) is 5.69 Å². The first-order chi connectivity index (χ1) is 14.6. The highest BCUT2D eigenvalue weighted by Crippen LogP contribution is 2.17. The summed E-state index contributed by atoms with van der Waals surface area (Å²) in [4.78, 5) is 28.3. The fourth-order valence-corrected chi connectivity index (χ4v) is 4.31. The smallest absolute Gasteiger partial charge is 0.271 e. The van der Waals surface area contributed by atoms with Gasteiger partial charge in [-0.05, 0) is 18.9 Å². The lowest BCUT2D eigenvalue weighted by Gasteiger charge is -2.27. The Hall–Kier alpha value is -2.54. The van der Waals surface area contributed by atoms with E-state index in [1.807, 2.05) is 30.3 Å². The normalized spacial score (nSPS) is 13.3. The molecule has 1 aromatic carbocycles. The number of aliphatic hydroxyl groups excluding tert-OH is 1. The molecule has 10 nitrogen and oxygen atoms in total. The van der Waals surface area contributed by atoms with Gasteiger partial charge in [0.25, 0.3) is 5.91 Å². The first-order valence-electron chi connectivity index (χ1n) is 9.56. The SMILES string of the molecule is CCN(NC[C@@H](O)[C@H](Cc1ccccc1)NC(=O)c1csc(NS(C)(=O)=O)n1)C(C)=O. The maximum atomic E-state index is 12.7. The second-order valence-corrected chi connectivity index (χ2v) is 9.48. The molecule has 31 heavy (non-hydrogen) atoms. The van der Waals surface area contributed by atoms with E-state index in [1.165, 1.54) is 17.3 Å². The first-order valence-corrected chi connectivity index (χ1v) is 12.3. The molecule has 170 valence electrons. The molecule has 0 unspecified atom stereocenters. The largest absolute Gasteiger partial charge is 0.390 e. The minimum absolute atomic E-state index is 0.0355. The molecular formula is C19H27N5O5S2. The van der Waals surface area contributed by atoms with Gasteiger partial charge in [0, 0.05) is 25.4 Å². The predicted octanol–water partition coefficient (Wildman–Crippen LogP) is 0.590. The molecule has 0 spiro atoms. The Morgan fingerprint density at radius 1 is 1.26 bits per heavy atom. The van der Waals surface area contributed by atoms with Crippen LogP contribution in [0, 0.1) is 0 Å².